The highest BCUT2D eigenvalue weighted by Crippen LogP contribution is 2.25. The highest BCUT2D eigenvalue weighted by Gasteiger charge is 2.19. The van der Waals surface area contributed by atoms with Crippen LogP contribution in [0.4, 0.5) is 5.69 Å². The zero-order chi connectivity index (χ0) is 18.7. The zero-order valence-electron chi connectivity index (χ0n) is 13.6. The number of hydrogen-bond donors (Lipinski definition) is 2. The highest BCUT2D eigenvalue weighted by molar-refractivity contribution is 6.42. The third-order valence-corrected chi connectivity index (χ3v) is 4.25. The summed E-state index contributed by atoms with van der Waals surface area (Å²) in [4.78, 5) is 25.8. The van der Waals surface area contributed by atoms with E-state index in [1.807, 2.05) is 0 Å². The fourth-order valence-corrected chi connectivity index (χ4v) is 2.54. The number of anilines is 1. The Hall–Kier alpha value is -2.77. The molecule has 2 amide bonds. The molecular formula is C17H14Cl2N4O3. The lowest BCUT2D eigenvalue weighted by atomic mass is 10.3. The molecule has 0 radical (unpaired) electrons. The Bertz CT molecular complexity index is 937. The van der Waals surface area contributed by atoms with Crippen molar-refractivity contribution in [3.8, 4) is 11.5 Å². The number of aromatic nitrogens is 2. The van der Waals surface area contributed by atoms with Gasteiger partial charge in [-0.25, -0.2) is 0 Å². The van der Waals surface area contributed by atoms with Crippen LogP contribution in [0.5, 0.6) is 0 Å². The second-order valence-corrected chi connectivity index (χ2v) is 6.30. The summed E-state index contributed by atoms with van der Waals surface area (Å²) in [7, 11) is 1.51. The number of benzene rings is 1. The number of likely N-dealkylation sites (N-methyl/N-ethyl adjacent to an activating group) is 1. The molecule has 0 spiro atoms. The average molecular weight is 393 g/mol. The Labute approximate surface area is 158 Å². The van der Waals surface area contributed by atoms with Crippen LogP contribution < -0.4 is 5.32 Å². The monoisotopic (exact) mass is 392 g/mol. The van der Waals surface area contributed by atoms with Crippen LogP contribution in [0.2, 0.25) is 10.0 Å². The number of rotatable bonds is 5. The molecule has 0 unspecified atom stereocenters. The summed E-state index contributed by atoms with van der Waals surface area (Å²) in [6.07, 6.45) is 1.52. The van der Waals surface area contributed by atoms with Crippen molar-refractivity contribution in [1.82, 2.24) is 15.1 Å². The predicted octanol–water partition coefficient (Wildman–Crippen LogP) is 3.69. The van der Waals surface area contributed by atoms with Crippen molar-refractivity contribution in [2.75, 3.05) is 18.9 Å². The topological polar surface area (TPSA) is 91.2 Å². The molecule has 0 aliphatic heterocycles. The van der Waals surface area contributed by atoms with Gasteiger partial charge in [0.05, 0.1) is 22.9 Å². The van der Waals surface area contributed by atoms with Crippen molar-refractivity contribution in [1.29, 1.82) is 0 Å². The molecule has 0 fully saturated rings. The quantitative estimate of drug-likeness (QED) is 0.692. The summed E-state index contributed by atoms with van der Waals surface area (Å²) in [5, 5.41) is 10.1. The number of H-pyrrole nitrogens is 1. The Morgan fingerprint density at radius 1 is 1.23 bits per heavy atom. The van der Waals surface area contributed by atoms with Gasteiger partial charge >= 0.3 is 0 Å². The van der Waals surface area contributed by atoms with Crippen LogP contribution in [0.25, 0.3) is 11.5 Å². The van der Waals surface area contributed by atoms with Crippen molar-refractivity contribution < 1.29 is 14.0 Å². The largest absolute Gasteiger partial charge is 0.463 e. The van der Waals surface area contributed by atoms with Crippen LogP contribution in [0.15, 0.2) is 47.1 Å². The van der Waals surface area contributed by atoms with Gasteiger partial charge in [0.25, 0.3) is 5.91 Å². The maximum Gasteiger partial charge on any atom is 0.274 e. The lowest BCUT2D eigenvalue weighted by molar-refractivity contribution is -0.116. The Morgan fingerprint density at radius 2 is 2.04 bits per heavy atom. The van der Waals surface area contributed by atoms with Gasteiger partial charge < -0.3 is 14.6 Å². The van der Waals surface area contributed by atoms with Crippen LogP contribution in [-0.2, 0) is 4.79 Å². The summed E-state index contributed by atoms with van der Waals surface area (Å²) in [6.45, 7) is -0.151. The second kappa shape index (κ2) is 7.63. The molecule has 0 saturated carbocycles. The third kappa shape index (κ3) is 4.07. The molecule has 9 heteroatoms. The molecular weight excluding hydrogens is 379 g/mol. The molecule has 134 valence electrons. The third-order valence-electron chi connectivity index (χ3n) is 3.51. The molecule has 0 aliphatic rings. The van der Waals surface area contributed by atoms with E-state index < -0.39 is 5.91 Å². The summed E-state index contributed by atoms with van der Waals surface area (Å²) in [5.74, 6) is -0.207. The summed E-state index contributed by atoms with van der Waals surface area (Å²) < 4.78 is 5.24. The number of hydrogen-bond acceptors (Lipinski definition) is 4. The number of nitrogens with one attached hydrogen (secondary N) is 2. The molecule has 0 bridgehead atoms. The van der Waals surface area contributed by atoms with E-state index in [9.17, 15) is 9.59 Å². The van der Waals surface area contributed by atoms with Gasteiger partial charge in [-0.05, 0) is 30.3 Å². The second-order valence-electron chi connectivity index (χ2n) is 5.48. The van der Waals surface area contributed by atoms with Gasteiger partial charge in [-0.1, -0.05) is 23.2 Å². The normalized spacial score (nSPS) is 10.6. The zero-order valence-corrected chi connectivity index (χ0v) is 15.1. The predicted molar refractivity (Wildman–Crippen MR) is 98.3 cm³/mol. The van der Waals surface area contributed by atoms with Gasteiger partial charge in [-0.15, -0.1) is 0 Å². The number of halogens is 2. The van der Waals surface area contributed by atoms with Crippen molar-refractivity contribution in [3.63, 3.8) is 0 Å². The maximum absolute atomic E-state index is 12.4. The molecule has 3 rings (SSSR count). The Kier molecular flexibility index (Phi) is 5.29. The number of furan rings is 1. The number of nitrogens with zero attached hydrogens (tertiary/aromatic N) is 2. The van der Waals surface area contributed by atoms with E-state index in [1.165, 1.54) is 24.3 Å². The smallest absolute Gasteiger partial charge is 0.274 e. The Balaban J connectivity index is 1.61. The SMILES string of the molecule is CN(CC(=O)Nc1ccc(Cl)c(Cl)c1)C(=O)c1cc(-c2ccco2)[nH]n1. The molecule has 2 heterocycles. The first kappa shape index (κ1) is 18.0. The van der Waals surface area contributed by atoms with Crippen LogP contribution in [0.3, 0.4) is 0 Å². The Morgan fingerprint density at radius 3 is 2.73 bits per heavy atom. The van der Waals surface area contributed by atoms with E-state index in [-0.39, 0.29) is 18.1 Å². The summed E-state index contributed by atoms with van der Waals surface area (Å²) in [5.41, 5.74) is 1.25. The van der Waals surface area contributed by atoms with Crippen LogP contribution in [0, 0.1) is 0 Å². The van der Waals surface area contributed by atoms with Crippen LogP contribution in [-0.4, -0.2) is 40.5 Å². The summed E-state index contributed by atoms with van der Waals surface area (Å²) >= 11 is 11.7. The molecule has 2 aromatic heterocycles. The van der Waals surface area contributed by atoms with Crippen molar-refractivity contribution in [3.05, 3.63) is 58.4 Å². The van der Waals surface area contributed by atoms with E-state index in [2.05, 4.69) is 15.5 Å². The van der Waals surface area contributed by atoms with Gasteiger partial charge in [0.15, 0.2) is 11.5 Å². The summed E-state index contributed by atoms with van der Waals surface area (Å²) in [6, 6.07) is 9.78. The minimum Gasteiger partial charge on any atom is -0.463 e. The van der Waals surface area contributed by atoms with E-state index in [0.29, 0.717) is 27.2 Å². The number of carbonyl (C=O) groups is 2. The van der Waals surface area contributed by atoms with Gasteiger partial charge in [-0.3, -0.25) is 14.7 Å². The first-order chi connectivity index (χ1) is 12.4. The van der Waals surface area contributed by atoms with Crippen LogP contribution >= 0.6 is 23.2 Å². The van der Waals surface area contributed by atoms with Crippen molar-refractivity contribution in [2.24, 2.45) is 0 Å². The standard InChI is InChI=1S/C17H14Cl2N4O3/c1-23(9-16(24)20-10-4-5-11(18)12(19)7-10)17(25)14-8-13(21-22-14)15-3-2-6-26-15/h2-8H,9H2,1H3,(H,20,24)(H,21,22). The molecule has 7 nitrogen and oxygen atoms in total. The molecule has 26 heavy (non-hydrogen) atoms. The lowest BCUT2D eigenvalue weighted by Gasteiger charge is -2.15. The van der Waals surface area contributed by atoms with E-state index >= 15 is 0 Å². The average Bonchev–Trinajstić information content (AvgIpc) is 3.28. The molecule has 2 N–H and O–H groups in total. The highest BCUT2D eigenvalue weighted by atomic mass is 35.5. The minimum atomic E-state index is -0.400. The van der Waals surface area contributed by atoms with Crippen molar-refractivity contribution in [2.45, 2.75) is 0 Å². The first-order valence-corrected chi connectivity index (χ1v) is 8.29. The minimum absolute atomic E-state index is 0.151. The first-order valence-electron chi connectivity index (χ1n) is 7.53. The molecule has 0 aliphatic carbocycles. The van der Waals surface area contributed by atoms with Gasteiger partial charge in [-0.2, -0.15) is 5.10 Å². The van der Waals surface area contributed by atoms with Crippen molar-refractivity contribution >= 4 is 40.7 Å². The van der Waals surface area contributed by atoms with E-state index in [1.54, 1.807) is 30.3 Å². The molecule has 3 aromatic rings. The number of amides is 2. The number of aromatic amines is 1. The fourth-order valence-electron chi connectivity index (χ4n) is 2.25. The number of carbonyl (C=O) groups excluding carboxylic acids is 2. The van der Waals surface area contributed by atoms with Gasteiger partial charge in [0, 0.05) is 18.8 Å². The molecule has 0 saturated heterocycles. The fraction of sp³-hybridized carbons (Fsp3) is 0.118. The van der Waals surface area contributed by atoms with Crippen LogP contribution in [0.1, 0.15) is 10.5 Å². The molecule has 0 atom stereocenters. The van der Waals surface area contributed by atoms with Gasteiger partial charge in [0.2, 0.25) is 5.91 Å². The maximum atomic E-state index is 12.4. The van der Waals surface area contributed by atoms with E-state index in [0.717, 1.165) is 0 Å². The van der Waals surface area contributed by atoms with Gasteiger partial charge in [0.1, 0.15) is 5.69 Å². The molecule has 1 aromatic carbocycles. The van der Waals surface area contributed by atoms with E-state index in [4.69, 9.17) is 27.6 Å². The lowest BCUT2D eigenvalue weighted by Crippen LogP contribution is -2.35.